The first kappa shape index (κ1) is 42.5. The molecule has 13 nitrogen and oxygen atoms in total. The van der Waals surface area contributed by atoms with Gasteiger partial charge >= 0.3 is 0 Å². The summed E-state index contributed by atoms with van der Waals surface area (Å²) < 4.78 is 24.1. The number of carbonyl (C=O) groups is 1. The van der Waals surface area contributed by atoms with Crippen LogP contribution in [0, 0.1) is 45.3 Å². The summed E-state index contributed by atoms with van der Waals surface area (Å²) in [7, 11) is 0. The summed E-state index contributed by atoms with van der Waals surface area (Å²) >= 11 is 0. The number of fused-ring (bicyclic) bond motifs is 5. The van der Waals surface area contributed by atoms with Crippen LogP contribution in [0.5, 0.6) is 0 Å². The maximum absolute atomic E-state index is 14.0. The third kappa shape index (κ3) is 6.77. The van der Waals surface area contributed by atoms with Gasteiger partial charge in [0, 0.05) is 24.4 Å². The Labute approximate surface area is 320 Å². The minimum Gasteiger partial charge on any atom is -0.396 e. The molecule has 0 radical (unpaired) electrons. The summed E-state index contributed by atoms with van der Waals surface area (Å²) in [4.78, 5) is 14.0. The van der Waals surface area contributed by atoms with Crippen LogP contribution in [-0.4, -0.2) is 133 Å². The second-order valence-corrected chi connectivity index (χ2v) is 19.4. The molecule has 6 rings (SSSR count). The second kappa shape index (κ2) is 15.3. The molecule has 2 heterocycles. The molecule has 54 heavy (non-hydrogen) atoms. The zero-order chi connectivity index (χ0) is 39.8. The smallest absolute Gasteiger partial charge is 0.187 e. The monoisotopic (exact) mass is 768 g/mol. The van der Waals surface area contributed by atoms with Crippen LogP contribution >= 0.6 is 0 Å². The van der Waals surface area contributed by atoms with Gasteiger partial charge in [0.15, 0.2) is 12.6 Å². The van der Waals surface area contributed by atoms with Crippen molar-refractivity contribution < 1.29 is 64.6 Å². The first-order valence-corrected chi connectivity index (χ1v) is 20.3. The molecule has 0 amide bonds. The molecule has 2 aliphatic heterocycles. The van der Waals surface area contributed by atoms with E-state index in [1.165, 1.54) is 5.57 Å². The molecule has 6 aliphatic rings. The molecule has 18 atom stereocenters. The molecule has 4 saturated carbocycles. The minimum atomic E-state index is -1.65. The van der Waals surface area contributed by atoms with Crippen molar-refractivity contribution in [1.82, 2.24) is 0 Å². The van der Waals surface area contributed by atoms with E-state index in [0.29, 0.717) is 25.7 Å². The van der Waals surface area contributed by atoms with Crippen molar-refractivity contribution in [2.45, 2.75) is 173 Å². The predicted octanol–water partition coefficient (Wildman–Crippen LogP) is 1.97. The van der Waals surface area contributed by atoms with Crippen LogP contribution < -0.4 is 0 Å². The van der Waals surface area contributed by atoms with Gasteiger partial charge in [0.2, 0.25) is 0 Å². The Morgan fingerprint density at radius 2 is 1.57 bits per heavy atom. The van der Waals surface area contributed by atoms with Crippen molar-refractivity contribution in [2.75, 3.05) is 19.8 Å². The van der Waals surface area contributed by atoms with Crippen molar-refractivity contribution in [3.05, 3.63) is 11.6 Å². The number of ether oxygens (including phenoxy) is 4. The number of Topliss-reactive ketones (excluding diaryl/α,β-unsaturated/α-hetero) is 1. The number of carbonyl (C=O) groups excluding carboxylic acids is 1. The van der Waals surface area contributed by atoms with E-state index in [2.05, 4.69) is 33.8 Å². The van der Waals surface area contributed by atoms with E-state index in [1.54, 1.807) is 0 Å². The lowest BCUT2D eigenvalue weighted by molar-refractivity contribution is -0.371. The first-order valence-electron chi connectivity index (χ1n) is 20.3. The maximum Gasteiger partial charge on any atom is 0.187 e. The van der Waals surface area contributed by atoms with Crippen LogP contribution in [0.1, 0.15) is 106 Å². The van der Waals surface area contributed by atoms with Crippen molar-refractivity contribution in [3.8, 4) is 0 Å². The maximum atomic E-state index is 14.0. The Morgan fingerprint density at radius 1 is 0.870 bits per heavy atom. The van der Waals surface area contributed by atoms with Crippen molar-refractivity contribution >= 4 is 5.78 Å². The standard InChI is InChI=1S/C41H68O13/c1-21(2)9-8-14-40(7,50)29-22-10-11-27-38(5,39(22,6)17-23(29)44)15-12-26-37(3,4)28(13-16-41(26,27)20-43)53-36-34(32(48)31(47)25(18-42)52-36)54-35-33(49)30(46)24(45)19-51-35/h9,22,24-36,42-43,45-50H,8,10-20H2,1-7H3/t22?,24-,25+,26?,27-,28?,29+,30-,31+,32-,33+,34+,35-,36-,38+,39-,40-,41+/m0/s1. The number of aliphatic hydroxyl groups excluding tert-OH is 7. The molecule has 0 aromatic rings. The van der Waals surface area contributed by atoms with Gasteiger partial charge in [-0.1, -0.05) is 39.3 Å². The summed E-state index contributed by atoms with van der Waals surface area (Å²) in [5.41, 5.74) is -1.50. The third-order valence-electron chi connectivity index (χ3n) is 15.9. The molecule has 6 fully saturated rings. The predicted molar refractivity (Wildman–Crippen MR) is 195 cm³/mol. The van der Waals surface area contributed by atoms with Crippen molar-refractivity contribution in [2.24, 2.45) is 45.3 Å². The highest BCUT2D eigenvalue weighted by Crippen LogP contribution is 2.75. The molecule has 2 saturated heterocycles. The lowest BCUT2D eigenvalue weighted by Gasteiger charge is -2.70. The van der Waals surface area contributed by atoms with Crippen LogP contribution in [0.4, 0.5) is 0 Å². The van der Waals surface area contributed by atoms with E-state index in [4.69, 9.17) is 18.9 Å². The molecule has 0 aromatic heterocycles. The Balaban J connectivity index is 1.24. The van der Waals surface area contributed by atoms with Crippen LogP contribution in [0.25, 0.3) is 0 Å². The van der Waals surface area contributed by atoms with Gasteiger partial charge in [-0.15, -0.1) is 0 Å². The molecule has 0 bridgehead atoms. The number of rotatable bonds is 10. The van der Waals surface area contributed by atoms with Gasteiger partial charge in [-0.2, -0.15) is 0 Å². The van der Waals surface area contributed by atoms with Crippen molar-refractivity contribution in [1.29, 1.82) is 0 Å². The second-order valence-electron chi connectivity index (χ2n) is 19.4. The van der Waals surface area contributed by atoms with Gasteiger partial charge in [0.05, 0.1) is 24.9 Å². The summed E-state index contributed by atoms with van der Waals surface area (Å²) in [6, 6.07) is 0. The Hall–Kier alpha value is -1.07. The SMILES string of the molecule is CC(C)=CCC[C@](C)(O)[C@H]1C(=O)C[C@@]2(C)C1CC[C@@H]1[C@@]3(CO)CCC(O[C@@H]4O[C@H](CO)[C@@H](O)[C@H](O)[C@H]4O[C@@H]4OC[C@H](O)[C@H](O)[C@H]4O)C(C)(C)C3CC[C@]12C. The zero-order valence-corrected chi connectivity index (χ0v) is 33.3. The third-order valence-corrected chi connectivity index (χ3v) is 15.9. The lowest BCUT2D eigenvalue weighted by atomic mass is 9.35. The van der Waals surface area contributed by atoms with Gasteiger partial charge < -0.3 is 59.8 Å². The molecule has 3 unspecified atom stereocenters. The lowest BCUT2D eigenvalue weighted by Crippen LogP contribution is -2.67. The highest BCUT2D eigenvalue weighted by Gasteiger charge is 2.72. The highest BCUT2D eigenvalue weighted by atomic mass is 16.8. The van der Waals surface area contributed by atoms with Gasteiger partial charge in [-0.25, -0.2) is 0 Å². The topological polar surface area (TPSA) is 216 Å². The molecule has 4 aliphatic carbocycles. The number of allylic oxidation sites excluding steroid dienone is 2. The quantitative estimate of drug-likeness (QED) is 0.118. The fourth-order valence-electron chi connectivity index (χ4n) is 12.8. The summed E-state index contributed by atoms with van der Waals surface area (Å²) in [5, 5.41) is 86.2. The van der Waals surface area contributed by atoms with Crippen LogP contribution in [-0.2, 0) is 23.7 Å². The average Bonchev–Trinajstić information content (AvgIpc) is 3.39. The van der Waals surface area contributed by atoms with Crippen LogP contribution in [0.15, 0.2) is 11.6 Å². The summed E-state index contributed by atoms with van der Waals surface area (Å²) in [6.45, 7) is 13.8. The number of hydrogen-bond donors (Lipinski definition) is 8. The van der Waals surface area contributed by atoms with E-state index < -0.39 is 90.4 Å². The molecular weight excluding hydrogens is 700 g/mol. The number of ketones is 1. The van der Waals surface area contributed by atoms with Gasteiger partial charge in [-0.05, 0) is 106 Å². The molecular formula is C41H68O13. The van der Waals surface area contributed by atoms with Crippen LogP contribution in [0.3, 0.4) is 0 Å². The van der Waals surface area contributed by atoms with E-state index in [1.807, 2.05) is 20.8 Å². The molecule has 0 spiro atoms. The van der Waals surface area contributed by atoms with Gasteiger partial charge in [0.1, 0.15) is 48.5 Å². The first-order chi connectivity index (χ1) is 25.2. The Bertz CT molecular complexity index is 1380. The molecule has 310 valence electrons. The number of aliphatic hydroxyl groups is 8. The normalized spacial score (nSPS) is 50.0. The van der Waals surface area contributed by atoms with Gasteiger partial charge in [-0.3, -0.25) is 4.79 Å². The van der Waals surface area contributed by atoms with Crippen molar-refractivity contribution in [3.63, 3.8) is 0 Å². The Kier molecular flexibility index (Phi) is 12.0. The highest BCUT2D eigenvalue weighted by molar-refractivity contribution is 5.86. The Morgan fingerprint density at radius 3 is 2.22 bits per heavy atom. The molecule has 13 heteroatoms. The largest absolute Gasteiger partial charge is 0.396 e. The molecule has 0 aromatic carbocycles. The zero-order valence-electron chi connectivity index (χ0n) is 33.3. The molecule has 8 N–H and O–H groups in total. The number of hydrogen-bond acceptors (Lipinski definition) is 13. The van der Waals surface area contributed by atoms with E-state index in [0.717, 1.165) is 32.1 Å². The fourth-order valence-corrected chi connectivity index (χ4v) is 12.8. The van der Waals surface area contributed by atoms with E-state index in [-0.39, 0.29) is 47.6 Å². The van der Waals surface area contributed by atoms with Gasteiger partial charge in [0.25, 0.3) is 0 Å². The van der Waals surface area contributed by atoms with E-state index in [9.17, 15) is 45.6 Å². The van der Waals surface area contributed by atoms with Crippen LogP contribution in [0.2, 0.25) is 0 Å². The summed E-state index contributed by atoms with van der Waals surface area (Å²) in [5.74, 6) is -0.0875. The average molecular weight is 769 g/mol. The van der Waals surface area contributed by atoms with E-state index >= 15 is 0 Å². The fraction of sp³-hybridized carbons (Fsp3) is 0.927. The summed E-state index contributed by atoms with van der Waals surface area (Å²) in [6.07, 6.45) is -5.27. The minimum absolute atomic E-state index is 0.0130.